The number of fused-ring (bicyclic) bond motifs is 1. The van der Waals surface area contributed by atoms with Crippen molar-refractivity contribution in [2.45, 2.75) is 37.1 Å². The van der Waals surface area contributed by atoms with Gasteiger partial charge in [-0.15, -0.1) is 0 Å². The lowest BCUT2D eigenvalue weighted by Gasteiger charge is -2.24. The van der Waals surface area contributed by atoms with Gasteiger partial charge in [-0.2, -0.15) is 0 Å². The van der Waals surface area contributed by atoms with Crippen molar-refractivity contribution >= 4 is 16.8 Å². The minimum atomic E-state index is -0.989. The summed E-state index contributed by atoms with van der Waals surface area (Å²) in [7, 11) is 1.42. The number of aromatic amines is 1. The van der Waals surface area contributed by atoms with Gasteiger partial charge in [-0.25, -0.2) is 0 Å². The molecule has 0 aliphatic heterocycles. The van der Waals surface area contributed by atoms with E-state index in [2.05, 4.69) is 10.3 Å². The van der Waals surface area contributed by atoms with Gasteiger partial charge in [0.25, 0.3) is 0 Å². The number of aromatic nitrogens is 1. The molecule has 1 aromatic carbocycles. The maximum atomic E-state index is 12.3. The number of carbonyl (C=O) groups is 1. The fraction of sp³-hybridized carbons (Fsp3) is 0.438. The third kappa shape index (κ3) is 2.72. The highest BCUT2D eigenvalue weighted by molar-refractivity contribution is 5.86. The second kappa shape index (κ2) is 5.72. The maximum absolute atomic E-state index is 12.3. The van der Waals surface area contributed by atoms with E-state index < -0.39 is 17.9 Å². The Morgan fingerprint density at radius 3 is 2.91 bits per heavy atom. The van der Waals surface area contributed by atoms with Crippen molar-refractivity contribution < 1.29 is 14.6 Å². The van der Waals surface area contributed by atoms with E-state index in [0.29, 0.717) is 19.3 Å². The van der Waals surface area contributed by atoms with E-state index >= 15 is 0 Å². The molecule has 5 N–H and O–H groups in total. The largest absolute Gasteiger partial charge is 0.366 e. The van der Waals surface area contributed by atoms with Gasteiger partial charge in [0.1, 0.15) is 0 Å². The van der Waals surface area contributed by atoms with E-state index in [1.807, 2.05) is 30.5 Å². The molecule has 1 unspecified atom stereocenters. The fourth-order valence-electron chi connectivity index (χ4n) is 2.76. The van der Waals surface area contributed by atoms with E-state index in [-0.39, 0.29) is 5.91 Å². The highest BCUT2D eigenvalue weighted by Crippen LogP contribution is 2.39. The zero-order valence-electron chi connectivity index (χ0n) is 12.5. The first-order valence-corrected chi connectivity index (χ1v) is 7.39. The molecule has 1 aromatic heterocycles. The number of aliphatic hydroxyl groups excluding tert-OH is 1. The predicted octanol–water partition coefficient (Wildman–Crippen LogP) is 0.651. The van der Waals surface area contributed by atoms with Gasteiger partial charge < -0.3 is 25.9 Å². The standard InChI is InChI=1S/C16H21N3O3/c1-22-15(21)16(6-7-16)19-14(20)12(17)8-10-9-18-13-5-3-2-4-11(10)13/h2-5,9,12,15,18,21H,6-8,17H2,1H3,(H,19,20)/t12-,15?/m1/s1. The first-order valence-electron chi connectivity index (χ1n) is 7.39. The summed E-state index contributed by atoms with van der Waals surface area (Å²) in [6.07, 6.45) is 2.74. The number of nitrogens with two attached hydrogens (primary N) is 1. The van der Waals surface area contributed by atoms with Gasteiger partial charge in [0.05, 0.1) is 11.6 Å². The van der Waals surface area contributed by atoms with Gasteiger partial charge >= 0.3 is 0 Å². The molecule has 0 radical (unpaired) electrons. The monoisotopic (exact) mass is 303 g/mol. The minimum absolute atomic E-state index is 0.265. The van der Waals surface area contributed by atoms with E-state index in [1.165, 1.54) is 7.11 Å². The summed E-state index contributed by atoms with van der Waals surface area (Å²) in [5.41, 5.74) is 7.40. The number of amides is 1. The number of carbonyl (C=O) groups excluding carboxylic acids is 1. The average molecular weight is 303 g/mol. The van der Waals surface area contributed by atoms with Crippen molar-refractivity contribution in [3.05, 3.63) is 36.0 Å². The van der Waals surface area contributed by atoms with Gasteiger partial charge in [0.15, 0.2) is 6.29 Å². The van der Waals surface area contributed by atoms with Gasteiger partial charge in [0.2, 0.25) is 5.91 Å². The molecule has 1 aliphatic rings. The first-order chi connectivity index (χ1) is 10.6. The fourth-order valence-corrected chi connectivity index (χ4v) is 2.76. The summed E-state index contributed by atoms with van der Waals surface area (Å²) in [6.45, 7) is 0. The van der Waals surface area contributed by atoms with Crippen LogP contribution in [0.2, 0.25) is 0 Å². The van der Waals surface area contributed by atoms with Crippen LogP contribution in [0.4, 0.5) is 0 Å². The SMILES string of the molecule is COC(O)C1(NC(=O)[C@H](N)Cc2c[nH]c3ccccc23)CC1. The van der Waals surface area contributed by atoms with Crippen molar-refractivity contribution in [1.29, 1.82) is 0 Å². The van der Waals surface area contributed by atoms with E-state index in [0.717, 1.165) is 16.5 Å². The van der Waals surface area contributed by atoms with E-state index in [4.69, 9.17) is 10.5 Å². The molecule has 1 aliphatic carbocycles. The Bertz CT molecular complexity index is 678. The molecule has 1 amide bonds. The van der Waals surface area contributed by atoms with Crippen LogP contribution in [0.3, 0.4) is 0 Å². The summed E-state index contributed by atoms with van der Waals surface area (Å²) < 4.78 is 4.92. The molecule has 6 heteroatoms. The number of rotatable bonds is 6. The van der Waals surface area contributed by atoms with Crippen LogP contribution >= 0.6 is 0 Å². The van der Waals surface area contributed by atoms with Crippen LogP contribution in [0.25, 0.3) is 10.9 Å². The molecule has 118 valence electrons. The molecule has 1 heterocycles. The molecular weight excluding hydrogens is 282 g/mol. The molecular formula is C16H21N3O3. The number of H-pyrrole nitrogens is 1. The molecule has 22 heavy (non-hydrogen) atoms. The smallest absolute Gasteiger partial charge is 0.237 e. The molecule has 1 saturated carbocycles. The Labute approximate surface area is 128 Å². The molecule has 2 atom stereocenters. The van der Waals surface area contributed by atoms with Crippen LogP contribution in [-0.2, 0) is 16.0 Å². The predicted molar refractivity (Wildman–Crippen MR) is 83.1 cm³/mol. The van der Waals surface area contributed by atoms with Crippen molar-refractivity contribution in [2.24, 2.45) is 5.73 Å². The molecule has 0 bridgehead atoms. The number of methoxy groups -OCH3 is 1. The summed E-state index contributed by atoms with van der Waals surface area (Å²) in [4.78, 5) is 15.4. The molecule has 1 fully saturated rings. The number of ether oxygens (including phenoxy) is 1. The Morgan fingerprint density at radius 1 is 1.50 bits per heavy atom. The second-order valence-corrected chi connectivity index (χ2v) is 5.90. The van der Waals surface area contributed by atoms with Crippen molar-refractivity contribution in [3.8, 4) is 0 Å². The van der Waals surface area contributed by atoms with Crippen LogP contribution in [0, 0.1) is 0 Å². The third-order valence-corrected chi connectivity index (χ3v) is 4.31. The molecule has 6 nitrogen and oxygen atoms in total. The minimum Gasteiger partial charge on any atom is -0.366 e. The summed E-state index contributed by atoms with van der Waals surface area (Å²) in [6, 6.07) is 7.24. The first kappa shape index (κ1) is 15.0. The highest BCUT2D eigenvalue weighted by atomic mass is 16.6. The van der Waals surface area contributed by atoms with Gasteiger partial charge in [-0.3, -0.25) is 4.79 Å². The van der Waals surface area contributed by atoms with Gasteiger partial charge in [-0.1, -0.05) is 18.2 Å². The number of para-hydroxylation sites is 1. The molecule has 3 rings (SSSR count). The van der Waals surface area contributed by atoms with Gasteiger partial charge in [0, 0.05) is 24.2 Å². The summed E-state index contributed by atoms with van der Waals surface area (Å²) in [5, 5.41) is 13.7. The number of hydrogen-bond donors (Lipinski definition) is 4. The Balaban J connectivity index is 1.67. The van der Waals surface area contributed by atoms with E-state index in [9.17, 15) is 9.90 Å². The van der Waals surface area contributed by atoms with Crippen molar-refractivity contribution in [2.75, 3.05) is 7.11 Å². The quantitative estimate of drug-likeness (QED) is 0.589. The highest BCUT2D eigenvalue weighted by Gasteiger charge is 2.51. The second-order valence-electron chi connectivity index (χ2n) is 5.90. The third-order valence-electron chi connectivity index (χ3n) is 4.31. The zero-order valence-corrected chi connectivity index (χ0v) is 12.5. The number of aliphatic hydroxyl groups is 1. The lowest BCUT2D eigenvalue weighted by molar-refractivity contribution is -0.134. The topological polar surface area (TPSA) is 100 Å². The van der Waals surface area contributed by atoms with Crippen molar-refractivity contribution in [3.63, 3.8) is 0 Å². The van der Waals surface area contributed by atoms with E-state index in [1.54, 1.807) is 0 Å². The summed E-state index contributed by atoms with van der Waals surface area (Å²) >= 11 is 0. The normalized spacial score (nSPS) is 18.9. The zero-order chi connectivity index (χ0) is 15.7. The van der Waals surface area contributed by atoms with Crippen molar-refractivity contribution in [1.82, 2.24) is 10.3 Å². The molecule has 0 saturated heterocycles. The lowest BCUT2D eigenvalue weighted by atomic mass is 10.0. The molecule has 0 spiro atoms. The molecule has 2 aromatic rings. The Morgan fingerprint density at radius 2 is 2.23 bits per heavy atom. The average Bonchev–Trinajstić information content (AvgIpc) is 3.21. The number of hydrogen-bond acceptors (Lipinski definition) is 4. The number of nitrogens with one attached hydrogen (secondary N) is 2. The van der Waals surface area contributed by atoms with Crippen LogP contribution in [0.5, 0.6) is 0 Å². The Kier molecular flexibility index (Phi) is 3.90. The summed E-state index contributed by atoms with van der Waals surface area (Å²) in [5.74, 6) is -0.265. The van der Waals surface area contributed by atoms with Crippen LogP contribution in [-0.4, -0.2) is 41.0 Å². The Hall–Kier alpha value is -1.89. The van der Waals surface area contributed by atoms with Crippen LogP contribution < -0.4 is 11.1 Å². The lowest BCUT2D eigenvalue weighted by Crippen LogP contribution is -2.52. The van der Waals surface area contributed by atoms with Crippen LogP contribution in [0.1, 0.15) is 18.4 Å². The number of benzene rings is 1. The van der Waals surface area contributed by atoms with Gasteiger partial charge in [-0.05, 0) is 30.9 Å². The maximum Gasteiger partial charge on any atom is 0.237 e. The van der Waals surface area contributed by atoms with Crippen LogP contribution in [0.15, 0.2) is 30.5 Å².